The maximum absolute atomic E-state index is 2.68. The van der Waals surface area contributed by atoms with E-state index in [0.29, 0.717) is 0 Å². The van der Waals surface area contributed by atoms with Crippen molar-refractivity contribution in [1.82, 2.24) is 0 Å². The average Bonchev–Trinajstić information content (AvgIpc) is 4.24. The SMILES string of the molecule is CC/C=C(C)\C=C/c1cc2c(cc1-c1cc3c(c(N(c4cc5c(-c6ccccc6)sc(-c6ccccc6)c5cc4C)c4ccccc4-c4ccccc4)c1C)Cc1ccccc1-3)-c1cc3c(cc1C2)C(C)(C)CCC3(C)C. The van der Waals surface area contributed by atoms with Crippen LogP contribution in [0.2, 0.25) is 0 Å². The van der Waals surface area contributed by atoms with Crippen LogP contribution in [-0.4, -0.2) is 0 Å². The number of thiophene rings is 1. The molecule has 9 aromatic carbocycles. The van der Waals surface area contributed by atoms with Crippen LogP contribution < -0.4 is 4.90 Å². The van der Waals surface area contributed by atoms with E-state index in [4.69, 9.17) is 0 Å². The maximum Gasteiger partial charge on any atom is 0.0540 e. The van der Waals surface area contributed by atoms with Crippen LogP contribution in [-0.2, 0) is 23.7 Å². The van der Waals surface area contributed by atoms with Gasteiger partial charge in [0, 0.05) is 38.2 Å². The zero-order valence-electron chi connectivity index (χ0n) is 45.9. The molecule has 1 heterocycles. The molecule has 378 valence electrons. The Morgan fingerprint density at radius 2 is 1.06 bits per heavy atom. The van der Waals surface area contributed by atoms with Gasteiger partial charge in [-0.2, -0.15) is 0 Å². The quantitative estimate of drug-likeness (QED) is 0.123. The van der Waals surface area contributed by atoms with E-state index in [2.05, 4.69) is 261 Å². The summed E-state index contributed by atoms with van der Waals surface area (Å²) in [4.78, 5) is 5.27. The molecule has 0 radical (unpaired) electrons. The van der Waals surface area contributed by atoms with Gasteiger partial charge < -0.3 is 4.90 Å². The first-order valence-corrected chi connectivity index (χ1v) is 28.8. The van der Waals surface area contributed by atoms with Crippen LogP contribution >= 0.6 is 11.3 Å². The van der Waals surface area contributed by atoms with E-state index in [1.165, 1.54) is 156 Å². The summed E-state index contributed by atoms with van der Waals surface area (Å²) in [6.45, 7) is 19.1. The molecule has 2 heteroatoms. The molecule has 13 rings (SSSR count). The third kappa shape index (κ3) is 8.36. The molecule has 0 N–H and O–H groups in total. The maximum atomic E-state index is 2.68. The van der Waals surface area contributed by atoms with Crippen molar-refractivity contribution in [3.05, 3.63) is 250 Å². The first-order chi connectivity index (χ1) is 37.4. The van der Waals surface area contributed by atoms with Crippen molar-refractivity contribution < 1.29 is 0 Å². The Labute approximate surface area is 461 Å². The normalized spacial score (nSPS) is 14.8. The molecule has 0 saturated heterocycles. The number of fused-ring (bicyclic) bond motifs is 8. The lowest BCUT2D eigenvalue weighted by molar-refractivity contribution is 0.332. The van der Waals surface area contributed by atoms with E-state index >= 15 is 0 Å². The van der Waals surface area contributed by atoms with Gasteiger partial charge in [0.2, 0.25) is 0 Å². The van der Waals surface area contributed by atoms with Gasteiger partial charge in [-0.15, -0.1) is 11.3 Å². The molecule has 0 saturated carbocycles. The lowest BCUT2D eigenvalue weighted by atomic mass is 9.62. The van der Waals surface area contributed by atoms with Gasteiger partial charge >= 0.3 is 0 Å². The number of hydrogen-bond donors (Lipinski definition) is 0. The van der Waals surface area contributed by atoms with E-state index in [1.807, 2.05) is 11.3 Å². The number of anilines is 3. The Balaban J connectivity index is 1.12. The highest BCUT2D eigenvalue weighted by Crippen LogP contribution is 2.56. The fourth-order valence-electron chi connectivity index (χ4n) is 13.3. The molecule has 0 bridgehead atoms. The summed E-state index contributed by atoms with van der Waals surface area (Å²) in [5, 5.41) is 2.56. The number of allylic oxidation sites excluding steroid dienone is 3. The molecule has 77 heavy (non-hydrogen) atoms. The predicted octanol–water partition coefficient (Wildman–Crippen LogP) is 21.5. The molecule has 10 aromatic rings. The third-order valence-electron chi connectivity index (χ3n) is 17.5. The Morgan fingerprint density at radius 3 is 1.74 bits per heavy atom. The summed E-state index contributed by atoms with van der Waals surface area (Å²) in [6, 6.07) is 69.2. The fraction of sp³-hybridized carbons (Fsp3) is 0.200. The monoisotopic (exact) mass is 1010 g/mol. The molecule has 0 spiro atoms. The van der Waals surface area contributed by atoms with E-state index < -0.39 is 0 Å². The first-order valence-electron chi connectivity index (χ1n) is 27.9. The Morgan fingerprint density at radius 1 is 0.506 bits per heavy atom. The number of aryl methyl sites for hydroxylation is 1. The molecule has 3 aliphatic rings. The lowest BCUT2D eigenvalue weighted by Crippen LogP contribution is -2.34. The van der Waals surface area contributed by atoms with Crippen LogP contribution in [0.3, 0.4) is 0 Å². The topological polar surface area (TPSA) is 3.24 Å². The summed E-state index contributed by atoms with van der Waals surface area (Å²) in [7, 11) is 0. The number of hydrogen-bond acceptors (Lipinski definition) is 2. The minimum atomic E-state index is 0.116. The van der Waals surface area contributed by atoms with Gasteiger partial charge in [-0.3, -0.25) is 0 Å². The summed E-state index contributed by atoms with van der Waals surface area (Å²) in [5.74, 6) is 0. The smallest absolute Gasteiger partial charge is 0.0540 e. The molecule has 1 aromatic heterocycles. The summed E-state index contributed by atoms with van der Waals surface area (Å²) < 4.78 is 0. The molecule has 0 aliphatic heterocycles. The minimum Gasteiger partial charge on any atom is -0.309 e. The van der Waals surface area contributed by atoms with Crippen molar-refractivity contribution in [1.29, 1.82) is 0 Å². The second-order valence-electron chi connectivity index (χ2n) is 23.4. The van der Waals surface area contributed by atoms with Gasteiger partial charge in [-0.25, -0.2) is 0 Å². The fourth-order valence-corrected chi connectivity index (χ4v) is 14.6. The molecule has 0 atom stereocenters. The highest BCUT2D eigenvalue weighted by molar-refractivity contribution is 7.21. The van der Waals surface area contributed by atoms with Crippen molar-refractivity contribution >= 4 is 45.2 Å². The minimum absolute atomic E-state index is 0.116. The molecule has 0 fully saturated rings. The van der Waals surface area contributed by atoms with E-state index in [1.54, 1.807) is 0 Å². The summed E-state index contributed by atoms with van der Waals surface area (Å²) in [6.07, 6.45) is 12.3. The predicted molar refractivity (Wildman–Crippen MR) is 333 cm³/mol. The number of rotatable bonds is 10. The highest BCUT2D eigenvalue weighted by atomic mass is 32.1. The van der Waals surface area contributed by atoms with Gasteiger partial charge in [0.1, 0.15) is 0 Å². The van der Waals surface area contributed by atoms with Crippen LogP contribution in [0.25, 0.3) is 82.2 Å². The Kier molecular flexibility index (Phi) is 12.1. The summed E-state index contributed by atoms with van der Waals surface area (Å²) in [5.41, 5.74) is 30.5. The van der Waals surface area contributed by atoms with E-state index in [9.17, 15) is 0 Å². The van der Waals surface area contributed by atoms with Crippen LogP contribution in [0.5, 0.6) is 0 Å². The van der Waals surface area contributed by atoms with Crippen molar-refractivity contribution in [2.45, 2.75) is 98.3 Å². The highest BCUT2D eigenvalue weighted by Gasteiger charge is 2.39. The summed E-state index contributed by atoms with van der Waals surface area (Å²) >= 11 is 1.91. The van der Waals surface area contributed by atoms with E-state index in [-0.39, 0.29) is 10.8 Å². The third-order valence-corrected chi connectivity index (χ3v) is 18.8. The van der Waals surface area contributed by atoms with Crippen molar-refractivity contribution in [3.63, 3.8) is 0 Å². The first kappa shape index (κ1) is 48.8. The average molecular weight is 1010 g/mol. The van der Waals surface area contributed by atoms with E-state index in [0.717, 1.165) is 24.9 Å². The zero-order valence-corrected chi connectivity index (χ0v) is 46.8. The van der Waals surface area contributed by atoms with Crippen molar-refractivity contribution in [2.75, 3.05) is 4.90 Å². The standard InChI is InChI=1S/C75H67NS/c1-9-23-47(2)34-35-54-39-55-40-56-42-67-68(75(7,8)37-36-74(67,5)6)45-62(56)61(55)44-60(54)59-43-63-57-31-20-19-30-53(57)41-64(63)71(49(59)4)76(69-33-22-21-32-58(69)50-24-13-10-14-25-50)70-46-66-65(38-48(70)3)72(51-26-15-11-16-27-51)77-73(66)52-28-17-12-18-29-52/h10-35,38-39,42-46H,9,36-37,40-41H2,1-8H3/b35-34-,47-23-. The lowest BCUT2D eigenvalue weighted by Gasteiger charge is -2.42. The Hall–Kier alpha value is -7.78. The number of benzene rings is 9. The molecule has 0 unspecified atom stereocenters. The Bertz CT molecular complexity index is 4030. The molecule has 3 aliphatic carbocycles. The second kappa shape index (κ2) is 19.0. The number of para-hydroxylation sites is 1. The van der Waals surface area contributed by atoms with Crippen molar-refractivity contribution in [2.24, 2.45) is 0 Å². The van der Waals surface area contributed by atoms with Crippen molar-refractivity contribution in [3.8, 4) is 65.4 Å². The molecular formula is C75H67NS. The van der Waals surface area contributed by atoms with Crippen LogP contribution in [0.15, 0.2) is 200 Å². The van der Waals surface area contributed by atoms with Gasteiger partial charge in [-0.05, 0) is 188 Å². The van der Waals surface area contributed by atoms with Gasteiger partial charge in [0.15, 0.2) is 0 Å². The van der Waals surface area contributed by atoms with Crippen LogP contribution in [0.1, 0.15) is 111 Å². The van der Waals surface area contributed by atoms with Crippen LogP contribution in [0.4, 0.5) is 17.1 Å². The second-order valence-corrected chi connectivity index (χ2v) is 24.5. The molecule has 0 amide bonds. The number of nitrogens with zero attached hydrogens (tertiary/aromatic N) is 1. The van der Waals surface area contributed by atoms with Gasteiger partial charge in [0.25, 0.3) is 0 Å². The largest absolute Gasteiger partial charge is 0.309 e. The van der Waals surface area contributed by atoms with Crippen LogP contribution in [0, 0.1) is 13.8 Å². The molecular weight excluding hydrogens is 947 g/mol. The zero-order chi connectivity index (χ0) is 52.7. The van der Waals surface area contributed by atoms with Gasteiger partial charge in [-0.1, -0.05) is 210 Å². The molecule has 1 nitrogen and oxygen atoms in total. The van der Waals surface area contributed by atoms with Gasteiger partial charge in [0.05, 0.1) is 11.4 Å².